The summed E-state index contributed by atoms with van der Waals surface area (Å²) in [4.78, 5) is 3.97. The van der Waals surface area contributed by atoms with Crippen molar-refractivity contribution in [2.75, 3.05) is 0 Å². The second-order valence-electron chi connectivity index (χ2n) is 3.21. The Morgan fingerprint density at radius 1 is 1.27 bits per heavy atom. The summed E-state index contributed by atoms with van der Waals surface area (Å²) in [6, 6.07) is 4.00. The van der Waals surface area contributed by atoms with E-state index in [0.29, 0.717) is 5.88 Å². The highest BCUT2D eigenvalue weighted by molar-refractivity contribution is 6.16. The monoisotopic (exact) mass is 222 g/mol. The molecule has 0 amide bonds. The Bertz CT molecular complexity index is 412. The number of hydrogen-bond donors (Lipinski definition) is 0. The normalized spacial score (nSPS) is 10.5. The van der Waals surface area contributed by atoms with E-state index in [4.69, 9.17) is 11.6 Å². The molecule has 0 aliphatic heterocycles. The van der Waals surface area contributed by atoms with Crippen molar-refractivity contribution in [2.45, 2.75) is 18.8 Å². The highest BCUT2D eigenvalue weighted by Gasteiger charge is 1.99. The molecular weight excluding hydrogens is 212 g/mol. The SMILES string of the molecule is ClCc1cn(CCc2ccncc2)nn1. The molecule has 0 saturated carbocycles. The van der Waals surface area contributed by atoms with E-state index in [0.717, 1.165) is 18.7 Å². The molecule has 4 nitrogen and oxygen atoms in total. The number of aryl methyl sites for hydroxylation is 2. The van der Waals surface area contributed by atoms with Gasteiger partial charge in [-0.15, -0.1) is 16.7 Å². The molecule has 0 atom stereocenters. The molecule has 0 unspecified atom stereocenters. The molecule has 15 heavy (non-hydrogen) atoms. The van der Waals surface area contributed by atoms with Crippen molar-refractivity contribution in [3.8, 4) is 0 Å². The van der Waals surface area contributed by atoms with Gasteiger partial charge in [-0.3, -0.25) is 9.67 Å². The summed E-state index contributed by atoms with van der Waals surface area (Å²) >= 11 is 5.63. The van der Waals surface area contributed by atoms with Crippen LogP contribution < -0.4 is 0 Å². The fourth-order valence-corrected chi connectivity index (χ4v) is 1.42. The lowest BCUT2D eigenvalue weighted by Crippen LogP contribution is -2.02. The van der Waals surface area contributed by atoms with Crippen LogP contribution >= 0.6 is 11.6 Å². The standard InChI is InChI=1S/C10H11ClN4/c11-7-10-8-15(14-13-10)6-3-9-1-4-12-5-2-9/h1-2,4-5,8H,3,6-7H2. The van der Waals surface area contributed by atoms with Crippen molar-refractivity contribution < 1.29 is 0 Å². The first-order chi connectivity index (χ1) is 7.38. The molecule has 0 aromatic carbocycles. The van der Waals surface area contributed by atoms with Crippen LogP contribution in [0.15, 0.2) is 30.7 Å². The van der Waals surface area contributed by atoms with Gasteiger partial charge in [0.2, 0.25) is 0 Å². The minimum atomic E-state index is 0.412. The molecular formula is C10H11ClN4. The first-order valence-electron chi connectivity index (χ1n) is 4.72. The molecule has 0 aliphatic carbocycles. The summed E-state index contributed by atoms with van der Waals surface area (Å²) in [5.41, 5.74) is 2.05. The Hall–Kier alpha value is -1.42. The number of aromatic nitrogens is 4. The van der Waals surface area contributed by atoms with Crippen LogP contribution in [0.1, 0.15) is 11.3 Å². The quantitative estimate of drug-likeness (QED) is 0.739. The number of halogens is 1. The predicted octanol–water partition coefficient (Wildman–Crippen LogP) is 1.65. The summed E-state index contributed by atoms with van der Waals surface area (Å²) in [6.45, 7) is 0.813. The average Bonchev–Trinajstić information content (AvgIpc) is 2.76. The zero-order valence-corrected chi connectivity index (χ0v) is 8.93. The van der Waals surface area contributed by atoms with Gasteiger partial charge in [0.1, 0.15) is 0 Å². The van der Waals surface area contributed by atoms with Crippen molar-refractivity contribution in [3.05, 3.63) is 42.0 Å². The smallest absolute Gasteiger partial charge is 0.0974 e. The second kappa shape index (κ2) is 4.89. The molecule has 0 N–H and O–H groups in total. The number of pyridine rings is 1. The molecule has 0 fully saturated rings. The fraction of sp³-hybridized carbons (Fsp3) is 0.300. The van der Waals surface area contributed by atoms with Gasteiger partial charge >= 0.3 is 0 Å². The van der Waals surface area contributed by atoms with Crippen LogP contribution in [0, 0.1) is 0 Å². The summed E-state index contributed by atoms with van der Waals surface area (Å²) in [5, 5.41) is 7.88. The van der Waals surface area contributed by atoms with Crippen molar-refractivity contribution in [1.29, 1.82) is 0 Å². The minimum absolute atomic E-state index is 0.412. The molecule has 0 saturated heterocycles. The molecule has 2 aromatic rings. The van der Waals surface area contributed by atoms with Crippen molar-refractivity contribution in [3.63, 3.8) is 0 Å². The van der Waals surface area contributed by atoms with Gasteiger partial charge in [-0.25, -0.2) is 0 Å². The first-order valence-corrected chi connectivity index (χ1v) is 5.26. The van der Waals surface area contributed by atoms with E-state index in [2.05, 4.69) is 15.3 Å². The molecule has 5 heteroatoms. The molecule has 0 radical (unpaired) electrons. The molecule has 78 valence electrons. The van der Waals surface area contributed by atoms with Crippen molar-refractivity contribution >= 4 is 11.6 Å². The largest absolute Gasteiger partial charge is 0.265 e. The Labute approximate surface area is 92.9 Å². The van der Waals surface area contributed by atoms with Gasteiger partial charge in [0.25, 0.3) is 0 Å². The summed E-state index contributed by atoms with van der Waals surface area (Å²) in [5.74, 6) is 0.412. The minimum Gasteiger partial charge on any atom is -0.265 e. The van der Waals surface area contributed by atoms with E-state index in [-0.39, 0.29) is 0 Å². The predicted molar refractivity (Wildman–Crippen MR) is 57.5 cm³/mol. The highest BCUT2D eigenvalue weighted by atomic mass is 35.5. The number of alkyl halides is 1. The Balaban J connectivity index is 1.93. The van der Waals surface area contributed by atoms with Crippen LogP contribution in [0.5, 0.6) is 0 Å². The topological polar surface area (TPSA) is 43.6 Å². The van der Waals surface area contributed by atoms with Gasteiger partial charge in [0.05, 0.1) is 11.6 Å². The average molecular weight is 223 g/mol. The van der Waals surface area contributed by atoms with Crippen molar-refractivity contribution in [1.82, 2.24) is 20.0 Å². The molecule has 0 aliphatic rings. The first kappa shape index (κ1) is 10.1. The Morgan fingerprint density at radius 3 is 2.73 bits per heavy atom. The van der Waals surface area contributed by atoms with Crippen LogP contribution in [0.3, 0.4) is 0 Å². The number of rotatable bonds is 4. The highest BCUT2D eigenvalue weighted by Crippen LogP contribution is 2.01. The summed E-state index contributed by atoms with van der Waals surface area (Å²) < 4.78 is 1.80. The maximum atomic E-state index is 5.63. The van der Waals surface area contributed by atoms with E-state index in [1.807, 2.05) is 18.3 Å². The second-order valence-corrected chi connectivity index (χ2v) is 3.48. The van der Waals surface area contributed by atoms with E-state index in [9.17, 15) is 0 Å². The number of hydrogen-bond acceptors (Lipinski definition) is 3. The molecule has 2 aromatic heterocycles. The van der Waals surface area contributed by atoms with E-state index in [1.54, 1.807) is 17.1 Å². The third-order valence-corrected chi connectivity index (χ3v) is 2.38. The van der Waals surface area contributed by atoms with Crippen molar-refractivity contribution in [2.24, 2.45) is 0 Å². The lowest BCUT2D eigenvalue weighted by molar-refractivity contribution is 0.589. The molecule has 0 spiro atoms. The van der Waals surface area contributed by atoms with Crippen LogP contribution in [-0.2, 0) is 18.8 Å². The lowest BCUT2D eigenvalue weighted by atomic mass is 10.2. The van der Waals surface area contributed by atoms with Crippen LogP contribution in [0.25, 0.3) is 0 Å². The van der Waals surface area contributed by atoms with Gasteiger partial charge in [-0.2, -0.15) is 0 Å². The third kappa shape index (κ3) is 2.76. The van der Waals surface area contributed by atoms with Gasteiger partial charge in [-0.05, 0) is 24.1 Å². The van der Waals surface area contributed by atoms with E-state index < -0.39 is 0 Å². The Morgan fingerprint density at radius 2 is 2.07 bits per heavy atom. The number of nitrogens with zero attached hydrogens (tertiary/aromatic N) is 4. The molecule has 2 rings (SSSR count). The van der Waals surface area contributed by atoms with Crippen LogP contribution in [0.2, 0.25) is 0 Å². The lowest BCUT2D eigenvalue weighted by Gasteiger charge is -1.99. The van der Waals surface area contributed by atoms with Gasteiger partial charge in [0, 0.05) is 25.1 Å². The summed E-state index contributed by atoms with van der Waals surface area (Å²) in [7, 11) is 0. The third-order valence-electron chi connectivity index (χ3n) is 2.10. The maximum Gasteiger partial charge on any atom is 0.0974 e. The van der Waals surface area contributed by atoms with Gasteiger partial charge in [-0.1, -0.05) is 5.21 Å². The van der Waals surface area contributed by atoms with Crippen LogP contribution in [-0.4, -0.2) is 20.0 Å². The zero-order valence-electron chi connectivity index (χ0n) is 8.17. The van der Waals surface area contributed by atoms with Gasteiger partial charge in [0.15, 0.2) is 0 Å². The zero-order chi connectivity index (χ0) is 10.5. The van der Waals surface area contributed by atoms with E-state index >= 15 is 0 Å². The Kier molecular flexibility index (Phi) is 3.29. The fourth-order valence-electron chi connectivity index (χ4n) is 1.30. The van der Waals surface area contributed by atoms with E-state index in [1.165, 1.54) is 5.56 Å². The molecule has 2 heterocycles. The van der Waals surface area contributed by atoms with Crippen LogP contribution in [0.4, 0.5) is 0 Å². The van der Waals surface area contributed by atoms with Gasteiger partial charge < -0.3 is 0 Å². The summed E-state index contributed by atoms with van der Waals surface area (Å²) in [6.07, 6.45) is 6.38. The maximum absolute atomic E-state index is 5.63. The molecule has 0 bridgehead atoms.